The Morgan fingerprint density at radius 2 is 1.94 bits per heavy atom. The second-order valence-electron chi connectivity index (χ2n) is 8.31. The number of likely N-dealkylation sites (tertiary alicyclic amines) is 1. The number of piperidine rings is 1. The molecule has 0 aliphatic carbocycles. The Bertz CT molecular complexity index is 1040. The van der Waals surface area contributed by atoms with Gasteiger partial charge in [0.1, 0.15) is 5.75 Å². The fourth-order valence-electron chi connectivity index (χ4n) is 4.45. The summed E-state index contributed by atoms with van der Waals surface area (Å²) >= 11 is 0. The Balaban J connectivity index is 1.55. The Labute approximate surface area is 189 Å². The van der Waals surface area contributed by atoms with Crippen LogP contribution >= 0.6 is 0 Å². The monoisotopic (exact) mass is 430 g/mol. The van der Waals surface area contributed by atoms with Crippen molar-refractivity contribution in [2.24, 2.45) is 5.92 Å². The third-order valence-corrected chi connectivity index (χ3v) is 6.15. The number of amides is 1. The molecule has 6 nitrogen and oxygen atoms in total. The summed E-state index contributed by atoms with van der Waals surface area (Å²) in [5, 5.41) is 3.27. The number of pyridine rings is 2. The highest BCUT2D eigenvalue weighted by Gasteiger charge is 2.31. The van der Waals surface area contributed by atoms with Crippen LogP contribution in [0.15, 0.2) is 67.0 Å². The molecule has 166 valence electrons. The van der Waals surface area contributed by atoms with Crippen molar-refractivity contribution in [1.82, 2.24) is 20.2 Å². The summed E-state index contributed by atoms with van der Waals surface area (Å²) in [4.78, 5) is 24.8. The molecule has 6 heteroatoms. The topological polar surface area (TPSA) is 67.3 Å². The van der Waals surface area contributed by atoms with Crippen molar-refractivity contribution in [3.8, 4) is 5.75 Å². The molecule has 1 aliphatic rings. The van der Waals surface area contributed by atoms with Crippen molar-refractivity contribution in [2.75, 3.05) is 20.2 Å². The van der Waals surface area contributed by atoms with Crippen molar-refractivity contribution in [1.29, 1.82) is 0 Å². The molecule has 1 N–H and O–H groups in total. The number of hydrogen-bond donors (Lipinski definition) is 1. The summed E-state index contributed by atoms with van der Waals surface area (Å²) in [6.07, 6.45) is 5.75. The lowest BCUT2D eigenvalue weighted by Gasteiger charge is -2.37. The molecule has 0 saturated carbocycles. The molecule has 1 aliphatic heterocycles. The minimum atomic E-state index is -0.179. The number of ether oxygens (including phenoxy) is 1. The molecule has 1 aromatic carbocycles. The zero-order valence-corrected chi connectivity index (χ0v) is 18.7. The van der Waals surface area contributed by atoms with Gasteiger partial charge in [0.2, 0.25) is 0 Å². The highest BCUT2D eigenvalue weighted by molar-refractivity contribution is 5.97. The fraction of sp³-hybridized carbons (Fsp3) is 0.346. The van der Waals surface area contributed by atoms with Crippen molar-refractivity contribution >= 4 is 5.91 Å². The molecule has 0 spiro atoms. The molecular formula is C26H30N4O2. The first-order valence-corrected chi connectivity index (χ1v) is 11.1. The van der Waals surface area contributed by atoms with E-state index in [1.807, 2.05) is 48.7 Å². The summed E-state index contributed by atoms with van der Waals surface area (Å²) in [7, 11) is 1.58. The first-order valence-electron chi connectivity index (χ1n) is 11.1. The third kappa shape index (κ3) is 5.14. The average molecular weight is 431 g/mol. The van der Waals surface area contributed by atoms with Crippen LogP contribution in [0, 0.1) is 12.8 Å². The lowest BCUT2D eigenvalue weighted by Crippen LogP contribution is -2.43. The summed E-state index contributed by atoms with van der Waals surface area (Å²) in [5.41, 5.74) is 3.74. The van der Waals surface area contributed by atoms with Crippen LogP contribution in [0.2, 0.25) is 0 Å². The number of benzene rings is 1. The largest absolute Gasteiger partial charge is 0.496 e. The standard InChI is InChI=1S/C26H30N4O2/c1-19-9-7-15-28-23(19)18-30-16-8-10-20(17-30)25(22-12-5-6-14-27-22)29-26(31)21-11-3-4-13-24(21)32-2/h3-7,9,11-15,20,25H,8,10,16-18H2,1-2H3,(H,29,31). The molecule has 2 aromatic heterocycles. The summed E-state index contributed by atoms with van der Waals surface area (Å²) in [6, 6.07) is 17.1. The number of nitrogens with one attached hydrogen (secondary N) is 1. The number of carbonyl (C=O) groups excluding carboxylic acids is 1. The SMILES string of the molecule is COc1ccccc1C(=O)NC(c1ccccn1)C1CCCN(Cc2ncccc2C)C1. The van der Waals surface area contributed by atoms with Gasteiger partial charge in [-0.1, -0.05) is 24.3 Å². The van der Waals surface area contributed by atoms with Crippen molar-refractivity contribution in [2.45, 2.75) is 32.4 Å². The molecule has 3 heterocycles. The Kier molecular flexibility index (Phi) is 7.12. The van der Waals surface area contributed by atoms with E-state index in [2.05, 4.69) is 33.2 Å². The van der Waals surface area contributed by atoms with E-state index in [1.54, 1.807) is 19.4 Å². The Hall–Kier alpha value is -3.25. The highest BCUT2D eigenvalue weighted by Crippen LogP contribution is 2.30. The molecule has 0 bridgehead atoms. The van der Waals surface area contributed by atoms with Crippen LogP contribution < -0.4 is 10.1 Å². The third-order valence-electron chi connectivity index (χ3n) is 6.15. The molecule has 0 radical (unpaired) electrons. The number of nitrogens with zero attached hydrogens (tertiary/aromatic N) is 3. The Morgan fingerprint density at radius 3 is 2.72 bits per heavy atom. The van der Waals surface area contributed by atoms with Crippen LogP contribution in [-0.4, -0.2) is 41.0 Å². The average Bonchev–Trinajstić information content (AvgIpc) is 2.84. The zero-order valence-electron chi connectivity index (χ0n) is 18.7. The zero-order chi connectivity index (χ0) is 22.3. The number of hydrogen-bond acceptors (Lipinski definition) is 5. The lowest BCUT2D eigenvalue weighted by molar-refractivity contribution is 0.0871. The Morgan fingerprint density at radius 1 is 1.12 bits per heavy atom. The predicted octanol–water partition coefficient (Wildman–Crippen LogP) is 4.18. The second-order valence-corrected chi connectivity index (χ2v) is 8.31. The molecule has 4 rings (SSSR count). The second kappa shape index (κ2) is 10.4. The van der Waals surface area contributed by atoms with E-state index >= 15 is 0 Å². The summed E-state index contributed by atoms with van der Waals surface area (Å²) < 4.78 is 5.40. The van der Waals surface area contributed by atoms with E-state index in [-0.39, 0.29) is 17.9 Å². The van der Waals surface area contributed by atoms with Crippen LogP contribution in [0.25, 0.3) is 0 Å². The number of rotatable bonds is 7. The van der Waals surface area contributed by atoms with Crippen molar-refractivity contribution in [3.05, 3.63) is 89.5 Å². The number of aromatic nitrogens is 2. The van der Waals surface area contributed by atoms with Gasteiger partial charge in [-0.25, -0.2) is 0 Å². The lowest BCUT2D eigenvalue weighted by atomic mass is 9.88. The van der Waals surface area contributed by atoms with Gasteiger partial charge < -0.3 is 10.1 Å². The maximum atomic E-state index is 13.2. The minimum absolute atomic E-state index is 0.143. The van der Waals surface area contributed by atoms with Crippen molar-refractivity contribution < 1.29 is 9.53 Å². The summed E-state index contributed by atoms with van der Waals surface area (Å²) in [5.74, 6) is 0.679. The van der Waals surface area contributed by atoms with Crippen molar-refractivity contribution in [3.63, 3.8) is 0 Å². The van der Waals surface area contributed by atoms with Gasteiger partial charge in [0.05, 0.1) is 30.1 Å². The number of para-hydroxylation sites is 1. The van der Waals surface area contributed by atoms with E-state index in [1.165, 1.54) is 5.56 Å². The van der Waals surface area contributed by atoms with Gasteiger partial charge in [0, 0.05) is 25.5 Å². The quantitative estimate of drug-likeness (QED) is 0.609. The van der Waals surface area contributed by atoms with E-state index in [0.717, 1.165) is 43.9 Å². The first kappa shape index (κ1) is 22.0. The highest BCUT2D eigenvalue weighted by atomic mass is 16.5. The van der Waals surface area contributed by atoms with E-state index < -0.39 is 0 Å². The molecule has 2 atom stereocenters. The van der Waals surface area contributed by atoms with Gasteiger partial charge in [-0.05, 0) is 68.1 Å². The van der Waals surface area contributed by atoms with Gasteiger partial charge in [-0.2, -0.15) is 0 Å². The summed E-state index contributed by atoms with van der Waals surface area (Å²) in [6.45, 7) is 4.83. The molecular weight excluding hydrogens is 400 g/mol. The van der Waals surface area contributed by atoms with Gasteiger partial charge in [-0.3, -0.25) is 19.7 Å². The van der Waals surface area contributed by atoms with E-state index in [4.69, 9.17) is 4.74 Å². The van der Waals surface area contributed by atoms with Crippen LogP contribution in [0.5, 0.6) is 5.75 Å². The van der Waals surface area contributed by atoms with Crippen LogP contribution in [0.1, 0.15) is 46.2 Å². The minimum Gasteiger partial charge on any atom is -0.496 e. The first-order chi connectivity index (χ1) is 15.7. The van der Waals surface area contributed by atoms with E-state index in [0.29, 0.717) is 11.3 Å². The van der Waals surface area contributed by atoms with Gasteiger partial charge in [0.25, 0.3) is 5.91 Å². The smallest absolute Gasteiger partial charge is 0.255 e. The molecule has 32 heavy (non-hydrogen) atoms. The van der Waals surface area contributed by atoms with Crippen LogP contribution in [0.4, 0.5) is 0 Å². The fourth-order valence-corrected chi connectivity index (χ4v) is 4.45. The molecule has 3 aromatic rings. The van der Waals surface area contributed by atoms with E-state index in [9.17, 15) is 4.79 Å². The van der Waals surface area contributed by atoms with Crippen LogP contribution in [0.3, 0.4) is 0 Å². The number of methoxy groups -OCH3 is 1. The normalized spacial score (nSPS) is 17.5. The maximum Gasteiger partial charge on any atom is 0.255 e. The molecule has 1 saturated heterocycles. The molecule has 2 unspecified atom stereocenters. The maximum absolute atomic E-state index is 13.2. The van der Waals surface area contributed by atoms with Crippen LogP contribution in [-0.2, 0) is 6.54 Å². The number of aryl methyl sites for hydroxylation is 1. The van der Waals surface area contributed by atoms with Gasteiger partial charge >= 0.3 is 0 Å². The number of carbonyl (C=O) groups is 1. The molecule has 1 fully saturated rings. The molecule has 1 amide bonds. The van der Waals surface area contributed by atoms with Gasteiger partial charge in [0.15, 0.2) is 0 Å². The predicted molar refractivity (Wildman–Crippen MR) is 124 cm³/mol. The van der Waals surface area contributed by atoms with Gasteiger partial charge in [-0.15, -0.1) is 0 Å².